The molecule has 3 heterocycles. The molecular formula is C46H48N6O. The van der Waals surface area contributed by atoms with E-state index in [1.54, 1.807) is 0 Å². The van der Waals surface area contributed by atoms with Gasteiger partial charge in [-0.1, -0.05) is 127 Å². The molecule has 0 radical (unpaired) electrons. The smallest absolute Gasteiger partial charge is 0.274 e. The lowest BCUT2D eigenvalue weighted by molar-refractivity contribution is 0.0942. The second-order valence-electron chi connectivity index (χ2n) is 14.1. The number of aromatic nitrogens is 2. The maximum atomic E-state index is 14.1. The second kappa shape index (κ2) is 16.3. The van der Waals surface area contributed by atoms with Crippen molar-refractivity contribution < 1.29 is 4.79 Å². The van der Waals surface area contributed by atoms with Gasteiger partial charge in [-0.3, -0.25) is 9.69 Å². The zero-order valence-electron chi connectivity index (χ0n) is 30.4. The van der Waals surface area contributed by atoms with Crippen LogP contribution in [0.25, 0.3) is 16.9 Å². The minimum Gasteiger partial charge on any atom is -0.369 e. The molecule has 268 valence electrons. The number of piperazine rings is 1. The fourth-order valence-corrected chi connectivity index (χ4v) is 8.08. The monoisotopic (exact) mass is 700 g/mol. The first-order chi connectivity index (χ1) is 26.2. The molecule has 1 N–H and O–H groups in total. The fourth-order valence-electron chi connectivity index (χ4n) is 8.08. The molecule has 0 atom stereocenters. The first-order valence-electron chi connectivity index (χ1n) is 19.2. The lowest BCUT2D eigenvalue weighted by Gasteiger charge is -2.38. The third kappa shape index (κ3) is 7.62. The van der Waals surface area contributed by atoms with E-state index < -0.39 is 0 Å². The van der Waals surface area contributed by atoms with Gasteiger partial charge in [-0.15, -0.1) is 0 Å². The minimum absolute atomic E-state index is 0.113. The van der Waals surface area contributed by atoms with Gasteiger partial charge in [0, 0.05) is 69.5 Å². The van der Waals surface area contributed by atoms with Gasteiger partial charge in [-0.05, 0) is 54.2 Å². The molecule has 53 heavy (non-hydrogen) atoms. The van der Waals surface area contributed by atoms with Crippen molar-refractivity contribution in [3.8, 4) is 16.9 Å². The van der Waals surface area contributed by atoms with E-state index in [4.69, 9.17) is 5.10 Å². The number of rotatable bonds is 11. The van der Waals surface area contributed by atoms with Gasteiger partial charge in [0.25, 0.3) is 5.91 Å². The molecule has 8 rings (SSSR count). The van der Waals surface area contributed by atoms with E-state index in [0.717, 1.165) is 81.3 Å². The molecular weight excluding hydrogens is 653 g/mol. The minimum atomic E-state index is -0.113. The van der Waals surface area contributed by atoms with Gasteiger partial charge in [0.05, 0.1) is 17.1 Å². The number of hydrogen-bond acceptors (Lipinski definition) is 5. The summed E-state index contributed by atoms with van der Waals surface area (Å²) in [5.74, 6) is 0.0438. The Hall–Kier alpha value is -5.66. The van der Waals surface area contributed by atoms with Crippen molar-refractivity contribution in [3.63, 3.8) is 0 Å². The van der Waals surface area contributed by atoms with Crippen molar-refractivity contribution in [1.82, 2.24) is 20.0 Å². The van der Waals surface area contributed by atoms with Crippen molar-refractivity contribution in [2.45, 2.75) is 25.2 Å². The lowest BCUT2D eigenvalue weighted by atomic mass is 9.84. The molecule has 0 aliphatic carbocycles. The van der Waals surface area contributed by atoms with Crippen molar-refractivity contribution >= 4 is 17.3 Å². The maximum absolute atomic E-state index is 14.1. The molecule has 0 unspecified atom stereocenters. The Kier molecular flexibility index (Phi) is 10.6. The highest BCUT2D eigenvalue weighted by Crippen LogP contribution is 2.39. The third-order valence-electron chi connectivity index (χ3n) is 10.7. The molecule has 7 nitrogen and oxygen atoms in total. The average molecular weight is 701 g/mol. The van der Waals surface area contributed by atoms with Gasteiger partial charge in [0.1, 0.15) is 0 Å². The summed E-state index contributed by atoms with van der Waals surface area (Å²) in [6.07, 6.45) is 3.44. The Bertz CT molecular complexity index is 2030. The van der Waals surface area contributed by atoms with Crippen molar-refractivity contribution in [1.29, 1.82) is 0 Å². The largest absolute Gasteiger partial charge is 0.369 e. The lowest BCUT2D eigenvalue weighted by Crippen LogP contribution is -2.48. The van der Waals surface area contributed by atoms with Gasteiger partial charge in [0.15, 0.2) is 5.69 Å². The predicted octanol–water partition coefficient (Wildman–Crippen LogP) is 8.26. The molecule has 1 amide bonds. The van der Waals surface area contributed by atoms with Crippen LogP contribution in [0.4, 0.5) is 11.4 Å². The Morgan fingerprint density at radius 3 is 1.81 bits per heavy atom. The van der Waals surface area contributed by atoms with Gasteiger partial charge >= 0.3 is 0 Å². The van der Waals surface area contributed by atoms with Crippen LogP contribution in [-0.4, -0.2) is 72.9 Å². The van der Waals surface area contributed by atoms with E-state index in [2.05, 4.69) is 141 Å². The Morgan fingerprint density at radius 2 is 1.17 bits per heavy atom. The van der Waals surface area contributed by atoms with E-state index in [0.29, 0.717) is 12.2 Å². The molecule has 2 aliphatic heterocycles. The molecule has 2 saturated heterocycles. The number of carbonyl (C=O) groups is 1. The highest BCUT2D eigenvalue weighted by atomic mass is 16.2. The number of hydrogen-bond donors (Lipinski definition) is 1. The van der Waals surface area contributed by atoms with Crippen molar-refractivity contribution in [2.75, 3.05) is 62.2 Å². The normalized spacial score (nSPS) is 15.1. The molecule has 0 saturated carbocycles. The second-order valence-corrected chi connectivity index (χ2v) is 14.1. The van der Waals surface area contributed by atoms with E-state index in [1.807, 2.05) is 28.9 Å². The Morgan fingerprint density at radius 1 is 0.604 bits per heavy atom. The summed E-state index contributed by atoms with van der Waals surface area (Å²) in [5.41, 5.74) is 9.65. The third-order valence-corrected chi connectivity index (χ3v) is 10.7. The van der Waals surface area contributed by atoms with Gasteiger partial charge in [0.2, 0.25) is 0 Å². The van der Waals surface area contributed by atoms with E-state index in [1.165, 1.54) is 28.8 Å². The van der Waals surface area contributed by atoms with Crippen LogP contribution in [0.5, 0.6) is 0 Å². The van der Waals surface area contributed by atoms with Crippen LogP contribution >= 0.6 is 0 Å². The Balaban J connectivity index is 0.974. The first-order valence-corrected chi connectivity index (χ1v) is 19.2. The highest BCUT2D eigenvalue weighted by molar-refractivity contribution is 6.02. The summed E-state index contributed by atoms with van der Waals surface area (Å²) in [4.78, 5) is 21.5. The van der Waals surface area contributed by atoms with Crippen LogP contribution in [-0.2, 0) is 0 Å². The average Bonchev–Trinajstić information content (AvgIpc) is 3.64. The zero-order chi connectivity index (χ0) is 35.8. The van der Waals surface area contributed by atoms with Crippen LogP contribution in [0.15, 0.2) is 146 Å². The summed E-state index contributed by atoms with van der Waals surface area (Å²) in [6, 6.07) is 51.1. The quantitative estimate of drug-likeness (QED) is 0.138. The number of amides is 1. The van der Waals surface area contributed by atoms with E-state index in [9.17, 15) is 4.79 Å². The summed E-state index contributed by atoms with van der Waals surface area (Å²) in [7, 11) is 0. The van der Waals surface area contributed by atoms with Gasteiger partial charge in [-0.2, -0.15) is 5.10 Å². The number of anilines is 2. The van der Waals surface area contributed by atoms with Crippen LogP contribution in [0, 0.1) is 0 Å². The molecule has 7 heteroatoms. The van der Waals surface area contributed by atoms with Gasteiger partial charge in [-0.25, -0.2) is 4.68 Å². The van der Waals surface area contributed by atoms with Crippen LogP contribution in [0.1, 0.15) is 52.4 Å². The van der Waals surface area contributed by atoms with E-state index in [-0.39, 0.29) is 11.8 Å². The molecule has 6 aromatic rings. The number of para-hydroxylation sites is 2. The molecule has 1 aromatic heterocycles. The molecule has 2 aliphatic rings. The molecule has 0 spiro atoms. The first kappa shape index (κ1) is 34.4. The summed E-state index contributed by atoms with van der Waals surface area (Å²) in [6.45, 7) is 6.94. The Labute approximate surface area is 313 Å². The number of benzene rings is 5. The standard InChI is InChI=1S/C46H48N6O/c53-46(43-45(51-29-16-5-17-30-51)44(38-22-10-3-11-23-38)52(48-43)39-24-12-4-13-25-39)47-28-31-49-32-34-50(35-33-49)41-27-15-14-26-40(41)42(36-18-6-1-7-19-36)37-20-8-2-9-21-37/h1-4,6-15,18-27,42H,5,16-17,28-35H2,(H,47,53). The van der Waals surface area contributed by atoms with Crippen LogP contribution < -0.4 is 15.1 Å². The molecule has 0 bridgehead atoms. The predicted molar refractivity (Wildman–Crippen MR) is 216 cm³/mol. The number of nitrogens with zero attached hydrogens (tertiary/aromatic N) is 5. The van der Waals surface area contributed by atoms with Crippen LogP contribution in [0.3, 0.4) is 0 Å². The van der Waals surface area contributed by atoms with E-state index >= 15 is 0 Å². The summed E-state index contributed by atoms with van der Waals surface area (Å²) < 4.78 is 1.96. The summed E-state index contributed by atoms with van der Waals surface area (Å²) >= 11 is 0. The zero-order valence-corrected chi connectivity index (χ0v) is 30.4. The number of carbonyl (C=O) groups excluding carboxylic acids is 1. The van der Waals surface area contributed by atoms with Crippen LogP contribution in [0.2, 0.25) is 0 Å². The van der Waals surface area contributed by atoms with Crippen molar-refractivity contribution in [3.05, 3.63) is 168 Å². The molecule has 5 aromatic carbocycles. The molecule has 2 fully saturated rings. The topological polar surface area (TPSA) is 56.6 Å². The van der Waals surface area contributed by atoms with Gasteiger partial charge < -0.3 is 15.1 Å². The van der Waals surface area contributed by atoms with Crippen molar-refractivity contribution in [2.24, 2.45) is 0 Å². The number of nitrogens with one attached hydrogen (secondary N) is 1. The summed E-state index contributed by atoms with van der Waals surface area (Å²) in [5, 5.41) is 8.33. The number of piperidine rings is 1. The highest BCUT2D eigenvalue weighted by Gasteiger charge is 2.30. The SMILES string of the molecule is O=C(NCCN1CCN(c2ccccc2C(c2ccccc2)c2ccccc2)CC1)c1nn(-c2ccccc2)c(-c2ccccc2)c1N1CCCCC1. The maximum Gasteiger partial charge on any atom is 0.274 e. The fraction of sp³-hybridized carbons (Fsp3) is 0.261.